The zero-order valence-corrected chi connectivity index (χ0v) is 17.5. The molecule has 1 saturated heterocycles. The van der Waals surface area contributed by atoms with Gasteiger partial charge in [0.25, 0.3) is 5.91 Å². The average molecular weight is 428 g/mol. The highest BCUT2D eigenvalue weighted by Gasteiger charge is 2.23. The summed E-state index contributed by atoms with van der Waals surface area (Å²) in [5.74, 6) is 0.0658. The molecule has 0 spiro atoms. The van der Waals surface area contributed by atoms with Crippen molar-refractivity contribution in [1.82, 2.24) is 30.4 Å². The van der Waals surface area contributed by atoms with Gasteiger partial charge in [-0.25, -0.2) is 4.98 Å². The molecule has 1 amide bonds. The maximum atomic E-state index is 13.2. The van der Waals surface area contributed by atoms with Gasteiger partial charge in [-0.15, -0.1) is 0 Å². The molecule has 0 aliphatic carbocycles. The van der Waals surface area contributed by atoms with Crippen molar-refractivity contribution in [3.05, 3.63) is 72.2 Å². The molecule has 1 fully saturated rings. The minimum Gasteiger partial charge on any atom is -0.508 e. The highest BCUT2D eigenvalue weighted by molar-refractivity contribution is 6.06. The summed E-state index contributed by atoms with van der Waals surface area (Å²) in [6, 6.07) is 12.8. The number of hydrogen-bond donors (Lipinski definition) is 3. The number of amides is 1. The first-order chi connectivity index (χ1) is 15.7. The van der Waals surface area contributed by atoms with Gasteiger partial charge >= 0.3 is 0 Å². The lowest BCUT2D eigenvalue weighted by Gasteiger charge is -2.32. The molecule has 0 radical (unpaired) electrons. The summed E-state index contributed by atoms with van der Waals surface area (Å²) in [5.41, 5.74) is 3.83. The fourth-order valence-electron chi connectivity index (χ4n) is 4.14. The Morgan fingerprint density at radius 2 is 1.88 bits per heavy atom. The van der Waals surface area contributed by atoms with Crippen LogP contribution < -0.4 is 5.32 Å². The lowest BCUT2D eigenvalue weighted by Crippen LogP contribution is -2.44. The van der Waals surface area contributed by atoms with Gasteiger partial charge in [-0.1, -0.05) is 0 Å². The summed E-state index contributed by atoms with van der Waals surface area (Å²) in [6.07, 6.45) is 7.08. The Balaban J connectivity index is 1.29. The van der Waals surface area contributed by atoms with Gasteiger partial charge in [0.2, 0.25) is 0 Å². The highest BCUT2D eigenvalue weighted by Crippen LogP contribution is 2.25. The quantitative estimate of drug-likeness (QED) is 0.451. The lowest BCUT2D eigenvalue weighted by molar-refractivity contribution is 0.0910. The number of likely N-dealkylation sites (tertiary alicyclic amines) is 1. The van der Waals surface area contributed by atoms with E-state index in [1.54, 1.807) is 36.5 Å². The van der Waals surface area contributed by atoms with Gasteiger partial charge in [-0.2, -0.15) is 5.10 Å². The second-order valence-electron chi connectivity index (χ2n) is 8.11. The molecule has 32 heavy (non-hydrogen) atoms. The van der Waals surface area contributed by atoms with E-state index >= 15 is 0 Å². The van der Waals surface area contributed by atoms with E-state index in [-0.39, 0.29) is 17.7 Å². The van der Waals surface area contributed by atoms with Gasteiger partial charge in [0.05, 0.1) is 22.8 Å². The maximum Gasteiger partial charge on any atom is 0.252 e. The van der Waals surface area contributed by atoms with Crippen LogP contribution in [0.25, 0.3) is 22.3 Å². The number of rotatable bonds is 5. The van der Waals surface area contributed by atoms with Crippen LogP contribution in [0.2, 0.25) is 0 Å². The first kappa shape index (κ1) is 20.1. The van der Waals surface area contributed by atoms with Crippen LogP contribution in [0.1, 0.15) is 28.8 Å². The maximum absolute atomic E-state index is 13.2. The van der Waals surface area contributed by atoms with Crippen molar-refractivity contribution in [3.63, 3.8) is 0 Å². The number of carbonyl (C=O) groups is 1. The number of aromatic amines is 1. The van der Waals surface area contributed by atoms with Crippen LogP contribution in [0.4, 0.5) is 0 Å². The van der Waals surface area contributed by atoms with Gasteiger partial charge in [0.1, 0.15) is 5.75 Å². The summed E-state index contributed by atoms with van der Waals surface area (Å²) in [4.78, 5) is 24.3. The Hall–Kier alpha value is -3.78. The van der Waals surface area contributed by atoms with Crippen molar-refractivity contribution in [1.29, 1.82) is 0 Å². The number of carbonyl (C=O) groups excluding carboxylic acids is 1. The first-order valence-corrected chi connectivity index (χ1v) is 10.7. The number of fused-ring (bicyclic) bond motifs is 1. The number of hydrogen-bond acceptors (Lipinski definition) is 6. The van der Waals surface area contributed by atoms with Crippen LogP contribution in [0, 0.1) is 0 Å². The largest absolute Gasteiger partial charge is 0.508 e. The number of nitrogens with zero attached hydrogens (tertiary/aromatic N) is 4. The van der Waals surface area contributed by atoms with Crippen molar-refractivity contribution in [2.45, 2.75) is 25.4 Å². The van der Waals surface area contributed by atoms with Crippen molar-refractivity contribution in [3.8, 4) is 17.0 Å². The van der Waals surface area contributed by atoms with E-state index in [0.717, 1.165) is 38.0 Å². The SMILES string of the molecule is O=C(NC1CCN(Cc2ccncc2)CC1)c1cc(-c2ccc(O)cc2)nc2[nH]ncc12. The molecule has 0 atom stereocenters. The molecule has 1 aliphatic rings. The summed E-state index contributed by atoms with van der Waals surface area (Å²) in [6.45, 7) is 2.77. The van der Waals surface area contributed by atoms with Crippen LogP contribution in [0.3, 0.4) is 0 Å². The third-order valence-corrected chi connectivity index (χ3v) is 5.91. The molecule has 3 N–H and O–H groups in total. The highest BCUT2D eigenvalue weighted by atomic mass is 16.3. The molecule has 4 aromatic rings. The summed E-state index contributed by atoms with van der Waals surface area (Å²) in [7, 11) is 0. The van der Waals surface area contributed by atoms with Gasteiger partial charge in [-0.3, -0.25) is 19.8 Å². The molecule has 162 valence electrons. The summed E-state index contributed by atoms with van der Waals surface area (Å²) < 4.78 is 0. The Bertz CT molecular complexity index is 1210. The van der Waals surface area contributed by atoms with Crippen molar-refractivity contribution >= 4 is 16.9 Å². The number of aromatic nitrogens is 4. The molecule has 3 aromatic heterocycles. The van der Waals surface area contributed by atoms with Crippen LogP contribution >= 0.6 is 0 Å². The number of piperidine rings is 1. The van der Waals surface area contributed by atoms with E-state index in [1.807, 2.05) is 24.5 Å². The molecule has 1 aliphatic heterocycles. The average Bonchev–Trinajstić information content (AvgIpc) is 3.30. The molecule has 5 rings (SSSR count). The monoisotopic (exact) mass is 428 g/mol. The van der Waals surface area contributed by atoms with E-state index in [0.29, 0.717) is 22.3 Å². The molecule has 4 heterocycles. The van der Waals surface area contributed by atoms with E-state index in [1.165, 1.54) is 5.56 Å². The second kappa shape index (κ2) is 8.76. The van der Waals surface area contributed by atoms with E-state index in [4.69, 9.17) is 0 Å². The zero-order chi connectivity index (χ0) is 21.9. The molecular weight excluding hydrogens is 404 g/mol. The molecule has 0 unspecified atom stereocenters. The van der Waals surface area contributed by atoms with Gasteiger partial charge in [-0.05, 0) is 60.9 Å². The van der Waals surface area contributed by atoms with Crippen LogP contribution in [-0.2, 0) is 6.54 Å². The fourth-order valence-corrected chi connectivity index (χ4v) is 4.14. The summed E-state index contributed by atoms with van der Waals surface area (Å²) in [5, 5.41) is 20.4. The third kappa shape index (κ3) is 4.31. The number of phenolic OH excluding ortho intramolecular Hbond substituents is 1. The number of benzene rings is 1. The Kier molecular flexibility index (Phi) is 5.51. The number of phenols is 1. The molecule has 0 bridgehead atoms. The van der Waals surface area contributed by atoms with Gasteiger partial charge in [0, 0.05) is 43.6 Å². The molecular formula is C24H24N6O2. The second-order valence-corrected chi connectivity index (χ2v) is 8.11. The van der Waals surface area contributed by atoms with E-state index < -0.39 is 0 Å². The smallest absolute Gasteiger partial charge is 0.252 e. The Morgan fingerprint density at radius 1 is 1.12 bits per heavy atom. The van der Waals surface area contributed by atoms with Gasteiger partial charge < -0.3 is 10.4 Å². The Labute approximate surface area is 185 Å². The minimum atomic E-state index is -0.119. The summed E-state index contributed by atoms with van der Waals surface area (Å²) >= 11 is 0. The normalized spacial score (nSPS) is 15.1. The fraction of sp³-hybridized carbons (Fsp3) is 0.250. The molecule has 8 nitrogen and oxygen atoms in total. The number of H-pyrrole nitrogens is 1. The van der Waals surface area contributed by atoms with Crippen LogP contribution in [0.15, 0.2) is 61.1 Å². The van der Waals surface area contributed by atoms with Crippen molar-refractivity contribution in [2.24, 2.45) is 0 Å². The Morgan fingerprint density at radius 3 is 2.62 bits per heavy atom. The van der Waals surface area contributed by atoms with E-state index in [2.05, 4.69) is 30.4 Å². The molecule has 8 heteroatoms. The standard InChI is InChI=1S/C24H24N6O2/c31-19-3-1-17(2-4-19)22-13-20(21-14-26-29-23(21)28-22)24(32)27-18-7-11-30(12-8-18)15-16-5-9-25-10-6-16/h1-6,9-10,13-14,18,31H,7-8,11-12,15H2,(H,27,32)(H,26,28,29). The third-order valence-electron chi connectivity index (χ3n) is 5.91. The predicted molar refractivity (Wildman–Crippen MR) is 121 cm³/mol. The number of aromatic hydroxyl groups is 1. The molecule has 0 saturated carbocycles. The van der Waals surface area contributed by atoms with Crippen molar-refractivity contribution in [2.75, 3.05) is 13.1 Å². The predicted octanol–water partition coefficient (Wildman–Crippen LogP) is 3.12. The lowest BCUT2D eigenvalue weighted by atomic mass is 10.0. The van der Waals surface area contributed by atoms with Gasteiger partial charge in [0.15, 0.2) is 5.65 Å². The first-order valence-electron chi connectivity index (χ1n) is 10.7. The minimum absolute atomic E-state index is 0.119. The van der Waals surface area contributed by atoms with Crippen LogP contribution in [-0.4, -0.2) is 55.2 Å². The van der Waals surface area contributed by atoms with Crippen molar-refractivity contribution < 1.29 is 9.90 Å². The van der Waals surface area contributed by atoms with Crippen LogP contribution in [0.5, 0.6) is 5.75 Å². The number of pyridine rings is 2. The topological polar surface area (TPSA) is 107 Å². The number of nitrogens with one attached hydrogen (secondary N) is 2. The zero-order valence-electron chi connectivity index (χ0n) is 17.5. The molecule has 1 aromatic carbocycles. The van der Waals surface area contributed by atoms with E-state index in [9.17, 15) is 9.90 Å².